The Kier molecular flexibility index (Phi) is 3.41. The molecule has 0 saturated carbocycles. The average Bonchev–Trinajstić information content (AvgIpc) is 2.04. The van der Waals surface area contributed by atoms with Crippen molar-refractivity contribution >= 4 is 11.8 Å². The maximum atomic E-state index is 4.01. The second-order valence-corrected chi connectivity index (χ2v) is 4.28. The molecule has 1 heterocycles. The van der Waals surface area contributed by atoms with Crippen LogP contribution >= 0.6 is 11.8 Å². The summed E-state index contributed by atoms with van der Waals surface area (Å²) in [6.45, 7) is 8.38. The van der Waals surface area contributed by atoms with Crippen molar-refractivity contribution in [1.82, 2.24) is 4.90 Å². The Morgan fingerprint density at radius 1 is 1.58 bits per heavy atom. The van der Waals surface area contributed by atoms with E-state index in [4.69, 9.17) is 0 Å². The van der Waals surface area contributed by atoms with E-state index >= 15 is 0 Å². The molecule has 1 aliphatic rings. The van der Waals surface area contributed by atoms with Gasteiger partial charge in [-0.1, -0.05) is 12.2 Å². The average molecular weight is 183 g/mol. The zero-order chi connectivity index (χ0) is 9.14. The molecule has 68 valence electrons. The third-order valence-electron chi connectivity index (χ3n) is 2.25. The maximum absolute atomic E-state index is 4.01. The lowest BCUT2D eigenvalue weighted by atomic mass is 10.0. The Hall–Kier alpha value is -0.210. The Morgan fingerprint density at radius 2 is 2.25 bits per heavy atom. The van der Waals surface area contributed by atoms with Gasteiger partial charge in [-0.15, -0.1) is 11.8 Å². The second-order valence-electron chi connectivity index (χ2n) is 3.37. The Bertz CT molecular complexity index is 218. The molecule has 12 heavy (non-hydrogen) atoms. The minimum Gasteiger partial charge on any atom is -0.302 e. The molecule has 0 unspecified atom stereocenters. The number of hydrogen-bond acceptors (Lipinski definition) is 2. The number of hydrogen-bond donors (Lipinski definition) is 0. The first kappa shape index (κ1) is 9.87. The van der Waals surface area contributed by atoms with Crippen LogP contribution in [0.5, 0.6) is 0 Å². The summed E-state index contributed by atoms with van der Waals surface area (Å²) in [4.78, 5) is 3.88. The fourth-order valence-corrected chi connectivity index (χ4v) is 2.26. The largest absolute Gasteiger partial charge is 0.302 e. The van der Waals surface area contributed by atoms with E-state index in [1.54, 1.807) is 0 Å². The Labute approximate surface area is 79.5 Å². The molecule has 2 heteroatoms. The summed E-state index contributed by atoms with van der Waals surface area (Å²) in [5.74, 6) is 0. The summed E-state index contributed by atoms with van der Waals surface area (Å²) in [6, 6.07) is 0. The van der Waals surface area contributed by atoms with E-state index in [2.05, 4.69) is 31.7 Å². The lowest BCUT2D eigenvalue weighted by molar-refractivity contribution is 0.355. The zero-order valence-corrected chi connectivity index (χ0v) is 9.00. The van der Waals surface area contributed by atoms with E-state index in [0.29, 0.717) is 0 Å². The molecule has 1 nitrogen and oxygen atoms in total. The molecule has 0 radical (unpaired) electrons. The van der Waals surface area contributed by atoms with Crippen molar-refractivity contribution < 1.29 is 0 Å². The monoisotopic (exact) mass is 183 g/mol. The minimum atomic E-state index is 1.07. The van der Waals surface area contributed by atoms with E-state index in [1.165, 1.54) is 29.0 Å². The van der Waals surface area contributed by atoms with Crippen molar-refractivity contribution in [3.63, 3.8) is 0 Å². The van der Waals surface area contributed by atoms with Crippen molar-refractivity contribution in [3.8, 4) is 0 Å². The highest BCUT2D eigenvalue weighted by Crippen LogP contribution is 2.28. The molecular formula is C10H17NS. The van der Waals surface area contributed by atoms with Gasteiger partial charge in [0.15, 0.2) is 0 Å². The van der Waals surface area contributed by atoms with Gasteiger partial charge in [0, 0.05) is 13.1 Å². The molecule has 0 spiro atoms. The van der Waals surface area contributed by atoms with Crippen molar-refractivity contribution in [2.45, 2.75) is 13.3 Å². The molecule has 0 bridgehead atoms. The molecule has 0 N–H and O–H groups in total. The lowest BCUT2D eigenvalue weighted by Gasteiger charge is -2.27. The van der Waals surface area contributed by atoms with Gasteiger partial charge in [-0.3, -0.25) is 0 Å². The van der Waals surface area contributed by atoms with E-state index < -0.39 is 0 Å². The standard InChI is InChI=1S/C10H17NS/c1-8(2)9-7-11(3)6-5-10(9)12-4/h1,5-7H2,2-4H3. The Balaban J connectivity index is 2.84. The number of rotatable bonds is 2. The van der Waals surface area contributed by atoms with Crippen molar-refractivity contribution in [3.05, 3.63) is 22.6 Å². The number of likely N-dealkylation sites (N-methyl/N-ethyl adjacent to an activating group) is 1. The Morgan fingerprint density at radius 3 is 2.75 bits per heavy atom. The van der Waals surface area contributed by atoms with Crippen LogP contribution in [0.3, 0.4) is 0 Å². The van der Waals surface area contributed by atoms with Gasteiger partial charge in [-0.05, 0) is 37.1 Å². The highest BCUT2D eigenvalue weighted by atomic mass is 32.2. The first-order valence-corrected chi connectivity index (χ1v) is 5.48. The predicted octanol–water partition coefficient (Wildman–Crippen LogP) is 2.52. The topological polar surface area (TPSA) is 3.24 Å². The molecule has 0 amide bonds. The fourth-order valence-electron chi connectivity index (χ4n) is 1.48. The molecule has 0 atom stereocenters. The highest BCUT2D eigenvalue weighted by Gasteiger charge is 2.15. The van der Waals surface area contributed by atoms with Crippen LogP contribution in [0.15, 0.2) is 22.6 Å². The normalized spacial score (nSPS) is 19.9. The predicted molar refractivity (Wildman–Crippen MR) is 57.5 cm³/mol. The second kappa shape index (κ2) is 4.15. The first-order valence-electron chi connectivity index (χ1n) is 4.25. The molecule has 0 saturated heterocycles. The van der Waals surface area contributed by atoms with Crippen LogP contribution in [-0.4, -0.2) is 31.3 Å². The third kappa shape index (κ3) is 2.14. The van der Waals surface area contributed by atoms with Gasteiger partial charge in [0.05, 0.1) is 0 Å². The van der Waals surface area contributed by atoms with Crippen LogP contribution in [0.4, 0.5) is 0 Å². The smallest absolute Gasteiger partial charge is 0.0241 e. The van der Waals surface area contributed by atoms with E-state index in [-0.39, 0.29) is 0 Å². The number of thioether (sulfide) groups is 1. The van der Waals surface area contributed by atoms with Crippen molar-refractivity contribution in [2.24, 2.45) is 0 Å². The zero-order valence-electron chi connectivity index (χ0n) is 8.18. The van der Waals surface area contributed by atoms with Gasteiger partial charge in [-0.2, -0.15) is 0 Å². The quantitative estimate of drug-likeness (QED) is 0.647. The van der Waals surface area contributed by atoms with Gasteiger partial charge >= 0.3 is 0 Å². The van der Waals surface area contributed by atoms with E-state index in [0.717, 1.165) is 6.54 Å². The summed E-state index contributed by atoms with van der Waals surface area (Å²) in [7, 11) is 2.17. The maximum Gasteiger partial charge on any atom is 0.0241 e. The van der Waals surface area contributed by atoms with Crippen LogP contribution in [-0.2, 0) is 0 Å². The fraction of sp³-hybridized carbons (Fsp3) is 0.600. The lowest BCUT2D eigenvalue weighted by Crippen LogP contribution is -2.27. The SMILES string of the molecule is C=C(C)C1=C(SC)CCN(C)C1. The van der Waals surface area contributed by atoms with Gasteiger partial charge in [0.2, 0.25) is 0 Å². The van der Waals surface area contributed by atoms with Crippen LogP contribution in [0.25, 0.3) is 0 Å². The summed E-state index contributed by atoms with van der Waals surface area (Å²) in [5, 5.41) is 0. The van der Waals surface area contributed by atoms with Gasteiger partial charge in [0.1, 0.15) is 0 Å². The van der Waals surface area contributed by atoms with Gasteiger partial charge < -0.3 is 4.90 Å². The van der Waals surface area contributed by atoms with Crippen LogP contribution in [0, 0.1) is 0 Å². The highest BCUT2D eigenvalue weighted by molar-refractivity contribution is 8.02. The molecular weight excluding hydrogens is 166 g/mol. The summed E-state index contributed by atoms with van der Waals surface area (Å²) < 4.78 is 0. The molecule has 0 aliphatic carbocycles. The van der Waals surface area contributed by atoms with Crippen molar-refractivity contribution in [1.29, 1.82) is 0 Å². The third-order valence-corrected chi connectivity index (χ3v) is 3.19. The van der Waals surface area contributed by atoms with Crippen LogP contribution < -0.4 is 0 Å². The first-order chi connectivity index (χ1) is 5.65. The van der Waals surface area contributed by atoms with E-state index in [9.17, 15) is 0 Å². The summed E-state index contributed by atoms with van der Waals surface area (Å²) in [5.41, 5.74) is 2.68. The summed E-state index contributed by atoms with van der Waals surface area (Å²) in [6.07, 6.45) is 3.35. The molecule has 0 aromatic heterocycles. The number of nitrogens with zero attached hydrogens (tertiary/aromatic N) is 1. The molecule has 0 fully saturated rings. The summed E-state index contributed by atoms with van der Waals surface area (Å²) >= 11 is 1.88. The minimum absolute atomic E-state index is 1.07. The van der Waals surface area contributed by atoms with Crippen LogP contribution in [0.1, 0.15) is 13.3 Å². The van der Waals surface area contributed by atoms with Gasteiger partial charge in [-0.25, -0.2) is 0 Å². The van der Waals surface area contributed by atoms with Crippen molar-refractivity contribution in [2.75, 3.05) is 26.4 Å². The molecule has 0 aromatic rings. The molecule has 1 aliphatic heterocycles. The molecule has 0 aromatic carbocycles. The van der Waals surface area contributed by atoms with Gasteiger partial charge in [0.25, 0.3) is 0 Å². The van der Waals surface area contributed by atoms with E-state index in [1.807, 2.05) is 11.8 Å². The van der Waals surface area contributed by atoms with Crippen LogP contribution in [0.2, 0.25) is 0 Å². The molecule has 1 rings (SSSR count).